The largest absolute Gasteiger partial charge is 0.493 e. The Morgan fingerprint density at radius 1 is 1.04 bits per heavy atom. The third-order valence-electron chi connectivity index (χ3n) is 3.00. The van der Waals surface area contributed by atoms with Gasteiger partial charge in [-0.05, 0) is 38.3 Å². The molecular formula is C23H36O3. The summed E-state index contributed by atoms with van der Waals surface area (Å²) in [6, 6.07) is 0. The fraction of sp³-hybridized carbons (Fsp3) is 0.391. The van der Waals surface area contributed by atoms with Crippen molar-refractivity contribution < 1.29 is 14.9 Å². The number of unbranched alkanes of at least 4 members (excludes halogenated alkanes) is 1. The van der Waals surface area contributed by atoms with Crippen LogP contribution in [0.2, 0.25) is 0 Å². The highest BCUT2D eigenvalue weighted by molar-refractivity contribution is 5.16. The summed E-state index contributed by atoms with van der Waals surface area (Å²) < 4.78 is 5.57. The molecule has 0 aromatic heterocycles. The predicted molar refractivity (Wildman–Crippen MR) is 114 cm³/mol. The minimum Gasteiger partial charge on any atom is -0.493 e. The zero-order chi connectivity index (χ0) is 19.9. The summed E-state index contributed by atoms with van der Waals surface area (Å²) in [5.74, 6) is 0.752. The molecular weight excluding hydrogens is 324 g/mol. The molecule has 26 heavy (non-hydrogen) atoms. The van der Waals surface area contributed by atoms with Crippen LogP contribution >= 0.6 is 0 Å². The van der Waals surface area contributed by atoms with Crippen molar-refractivity contribution in [2.24, 2.45) is 0 Å². The van der Waals surface area contributed by atoms with E-state index in [1.54, 1.807) is 18.2 Å². The summed E-state index contributed by atoms with van der Waals surface area (Å²) in [7, 11) is 1.00. The Balaban J connectivity index is 0. The molecule has 0 bridgehead atoms. The second kappa shape index (κ2) is 22.9. The summed E-state index contributed by atoms with van der Waals surface area (Å²) in [5.41, 5.74) is 0. The lowest BCUT2D eigenvalue weighted by molar-refractivity contribution is 0.149. The number of hydrogen-bond acceptors (Lipinski definition) is 3. The van der Waals surface area contributed by atoms with Gasteiger partial charge in [0, 0.05) is 13.5 Å². The minimum atomic E-state index is -0.506. The van der Waals surface area contributed by atoms with Gasteiger partial charge in [-0.1, -0.05) is 74.3 Å². The fourth-order valence-corrected chi connectivity index (χ4v) is 1.80. The maximum absolute atomic E-state index is 9.86. The SMILES string of the molecule is C=C/C=C(\C=C/C)OCCC(O)/C=C/C=C\C=C\CC/C=C\CC.CO. The topological polar surface area (TPSA) is 49.7 Å². The predicted octanol–water partition coefficient (Wildman–Crippen LogP) is 5.42. The van der Waals surface area contributed by atoms with Crippen molar-refractivity contribution in [3.63, 3.8) is 0 Å². The molecule has 0 aromatic rings. The summed E-state index contributed by atoms with van der Waals surface area (Å²) in [6.45, 7) is 8.18. The molecule has 3 heteroatoms. The van der Waals surface area contributed by atoms with Crippen LogP contribution in [0.5, 0.6) is 0 Å². The molecule has 0 saturated heterocycles. The number of aliphatic hydroxyl groups is 2. The van der Waals surface area contributed by atoms with E-state index in [9.17, 15) is 5.11 Å². The summed E-state index contributed by atoms with van der Waals surface area (Å²) in [6.07, 6.45) is 26.6. The summed E-state index contributed by atoms with van der Waals surface area (Å²) in [5, 5.41) is 16.9. The number of aliphatic hydroxyl groups excluding tert-OH is 2. The van der Waals surface area contributed by atoms with Crippen LogP contribution in [0, 0.1) is 0 Å². The molecule has 0 fully saturated rings. The Morgan fingerprint density at radius 3 is 2.38 bits per heavy atom. The van der Waals surface area contributed by atoms with Crippen LogP contribution in [0.4, 0.5) is 0 Å². The molecule has 0 rings (SSSR count). The molecule has 0 aliphatic heterocycles. The van der Waals surface area contributed by atoms with Gasteiger partial charge < -0.3 is 14.9 Å². The van der Waals surface area contributed by atoms with Crippen molar-refractivity contribution in [2.45, 2.75) is 45.6 Å². The lowest BCUT2D eigenvalue weighted by atomic mass is 10.2. The molecule has 1 unspecified atom stereocenters. The average molecular weight is 361 g/mol. The maximum atomic E-state index is 9.86. The molecule has 0 aromatic carbocycles. The van der Waals surface area contributed by atoms with Gasteiger partial charge in [0.05, 0.1) is 12.7 Å². The lowest BCUT2D eigenvalue weighted by Gasteiger charge is -2.08. The molecule has 0 amide bonds. The minimum absolute atomic E-state index is 0.463. The van der Waals surface area contributed by atoms with E-state index in [0.717, 1.165) is 32.1 Å². The first-order valence-corrected chi connectivity index (χ1v) is 9.10. The highest BCUT2D eigenvalue weighted by atomic mass is 16.5. The van der Waals surface area contributed by atoms with E-state index in [0.29, 0.717) is 13.0 Å². The van der Waals surface area contributed by atoms with Gasteiger partial charge in [0.1, 0.15) is 5.76 Å². The molecule has 0 aliphatic rings. The van der Waals surface area contributed by atoms with Crippen molar-refractivity contribution >= 4 is 0 Å². The molecule has 1 atom stereocenters. The van der Waals surface area contributed by atoms with E-state index in [1.165, 1.54) is 0 Å². The van der Waals surface area contributed by atoms with Crippen molar-refractivity contribution in [3.05, 3.63) is 85.3 Å². The van der Waals surface area contributed by atoms with Crippen LogP contribution in [-0.2, 0) is 4.74 Å². The number of ether oxygens (including phenoxy) is 1. The van der Waals surface area contributed by atoms with E-state index in [-0.39, 0.29) is 0 Å². The van der Waals surface area contributed by atoms with E-state index < -0.39 is 6.10 Å². The molecule has 0 radical (unpaired) electrons. The van der Waals surface area contributed by atoms with Crippen LogP contribution in [0.3, 0.4) is 0 Å². The van der Waals surface area contributed by atoms with E-state index >= 15 is 0 Å². The zero-order valence-electron chi connectivity index (χ0n) is 16.6. The van der Waals surface area contributed by atoms with Gasteiger partial charge in [-0.2, -0.15) is 0 Å². The molecule has 0 heterocycles. The highest BCUT2D eigenvalue weighted by Crippen LogP contribution is 2.03. The monoisotopic (exact) mass is 360 g/mol. The first-order chi connectivity index (χ1) is 12.7. The second-order valence-corrected chi connectivity index (χ2v) is 5.16. The molecule has 2 N–H and O–H groups in total. The normalized spacial score (nSPS) is 13.8. The summed E-state index contributed by atoms with van der Waals surface area (Å²) in [4.78, 5) is 0. The smallest absolute Gasteiger partial charge is 0.118 e. The molecule has 0 saturated carbocycles. The highest BCUT2D eigenvalue weighted by Gasteiger charge is 1.99. The standard InChI is InChI=1S/C22H32O2.CH4O/c1-4-7-8-9-10-11-12-13-14-15-18-21(23)19-20-24-22(16-5-2)17-6-3;1-2/h5-8,11-18,21,23H,2,4,9-10,19-20H2,1,3H3;2H,1H3/b8-7-,12-11+,14-13-,17-6-,18-15+,22-16+;. The number of hydrogen-bond donors (Lipinski definition) is 2. The summed E-state index contributed by atoms with van der Waals surface area (Å²) >= 11 is 0. The van der Waals surface area contributed by atoms with Crippen molar-refractivity contribution in [1.29, 1.82) is 0 Å². The van der Waals surface area contributed by atoms with E-state index in [4.69, 9.17) is 9.84 Å². The Hall–Kier alpha value is -2.10. The third-order valence-corrected chi connectivity index (χ3v) is 3.00. The van der Waals surface area contributed by atoms with Gasteiger partial charge in [-0.25, -0.2) is 0 Å². The van der Waals surface area contributed by atoms with Crippen LogP contribution in [0.25, 0.3) is 0 Å². The van der Waals surface area contributed by atoms with Crippen molar-refractivity contribution in [3.8, 4) is 0 Å². The molecule has 0 aliphatic carbocycles. The first kappa shape index (κ1) is 26.1. The van der Waals surface area contributed by atoms with E-state index in [2.05, 4.69) is 31.7 Å². The van der Waals surface area contributed by atoms with Crippen molar-refractivity contribution in [1.82, 2.24) is 0 Å². The number of allylic oxidation sites excluding steroid dienone is 11. The Kier molecular flexibility index (Phi) is 23.0. The van der Waals surface area contributed by atoms with Gasteiger partial charge in [0.25, 0.3) is 0 Å². The van der Waals surface area contributed by atoms with Gasteiger partial charge in [-0.15, -0.1) is 0 Å². The third kappa shape index (κ3) is 19.9. The maximum Gasteiger partial charge on any atom is 0.118 e. The first-order valence-electron chi connectivity index (χ1n) is 9.10. The second-order valence-electron chi connectivity index (χ2n) is 5.16. The van der Waals surface area contributed by atoms with Crippen LogP contribution in [0.15, 0.2) is 85.3 Å². The van der Waals surface area contributed by atoms with Gasteiger partial charge in [-0.3, -0.25) is 0 Å². The Morgan fingerprint density at radius 2 is 1.73 bits per heavy atom. The van der Waals surface area contributed by atoms with Gasteiger partial charge in [0.2, 0.25) is 0 Å². The zero-order valence-corrected chi connectivity index (χ0v) is 16.6. The lowest BCUT2D eigenvalue weighted by Crippen LogP contribution is -2.06. The molecule has 0 spiro atoms. The van der Waals surface area contributed by atoms with Crippen LogP contribution < -0.4 is 0 Å². The average Bonchev–Trinajstić information content (AvgIpc) is 2.65. The molecule has 3 nitrogen and oxygen atoms in total. The van der Waals surface area contributed by atoms with Crippen LogP contribution in [-0.4, -0.2) is 30.0 Å². The fourth-order valence-electron chi connectivity index (χ4n) is 1.80. The molecule has 146 valence electrons. The quantitative estimate of drug-likeness (QED) is 0.199. The Bertz CT molecular complexity index is 480. The number of rotatable bonds is 13. The Labute approximate surface area is 160 Å². The van der Waals surface area contributed by atoms with E-state index in [1.807, 2.05) is 43.4 Å². The van der Waals surface area contributed by atoms with Crippen LogP contribution in [0.1, 0.15) is 39.5 Å². The van der Waals surface area contributed by atoms with Gasteiger partial charge in [0.15, 0.2) is 0 Å². The van der Waals surface area contributed by atoms with Gasteiger partial charge >= 0.3 is 0 Å². The van der Waals surface area contributed by atoms with Crippen molar-refractivity contribution in [2.75, 3.05) is 13.7 Å².